The van der Waals surface area contributed by atoms with Crippen LogP contribution in [-0.4, -0.2) is 18.0 Å². The zero-order chi connectivity index (χ0) is 13.5. The molecule has 0 atom stereocenters. The number of ketones is 1. The van der Waals surface area contributed by atoms with Gasteiger partial charge in [0.25, 0.3) is 0 Å². The normalized spacial score (nSPS) is 10.2. The molecule has 98 valence electrons. The van der Waals surface area contributed by atoms with Gasteiger partial charge in [0.2, 0.25) is 0 Å². The Morgan fingerprint density at radius 3 is 2.72 bits per heavy atom. The van der Waals surface area contributed by atoms with Crippen LogP contribution in [0.15, 0.2) is 18.2 Å². The standard InChI is InChI=1S/C14H19ClN2O/c1-3-5-11(18)9-17-14-7-6-10(15)8-12(14)13(16)4-2/h6-8,16-17H,3-5,9H2,1-2H3. The summed E-state index contributed by atoms with van der Waals surface area (Å²) in [6.07, 6.45) is 2.08. The molecule has 1 aromatic rings. The average Bonchev–Trinajstić information content (AvgIpc) is 2.36. The van der Waals surface area contributed by atoms with Gasteiger partial charge in [-0.3, -0.25) is 4.79 Å². The molecule has 0 bridgehead atoms. The zero-order valence-electron chi connectivity index (χ0n) is 10.8. The van der Waals surface area contributed by atoms with Gasteiger partial charge in [0.1, 0.15) is 0 Å². The van der Waals surface area contributed by atoms with Gasteiger partial charge in [0.05, 0.1) is 6.54 Å². The minimum atomic E-state index is 0.182. The highest BCUT2D eigenvalue weighted by atomic mass is 35.5. The molecule has 1 aromatic carbocycles. The maximum Gasteiger partial charge on any atom is 0.151 e. The summed E-state index contributed by atoms with van der Waals surface area (Å²) < 4.78 is 0. The second-order valence-corrected chi connectivity index (χ2v) is 4.60. The van der Waals surface area contributed by atoms with Gasteiger partial charge in [-0.05, 0) is 31.0 Å². The number of carbonyl (C=O) groups is 1. The van der Waals surface area contributed by atoms with Crippen molar-refractivity contribution >= 4 is 28.8 Å². The van der Waals surface area contributed by atoms with Gasteiger partial charge in [-0.1, -0.05) is 25.4 Å². The second kappa shape index (κ2) is 7.17. The SMILES string of the molecule is CCCC(=O)CNc1ccc(Cl)cc1C(=N)CC. The fourth-order valence-corrected chi connectivity index (χ4v) is 1.84. The summed E-state index contributed by atoms with van der Waals surface area (Å²) >= 11 is 5.94. The lowest BCUT2D eigenvalue weighted by Crippen LogP contribution is -2.15. The number of anilines is 1. The van der Waals surface area contributed by atoms with Crippen molar-refractivity contribution in [1.29, 1.82) is 5.41 Å². The molecule has 0 unspecified atom stereocenters. The van der Waals surface area contributed by atoms with E-state index in [-0.39, 0.29) is 5.78 Å². The summed E-state index contributed by atoms with van der Waals surface area (Å²) in [6.45, 7) is 4.22. The zero-order valence-corrected chi connectivity index (χ0v) is 11.6. The van der Waals surface area contributed by atoms with Crippen molar-refractivity contribution in [3.63, 3.8) is 0 Å². The quantitative estimate of drug-likeness (QED) is 0.736. The monoisotopic (exact) mass is 266 g/mol. The summed E-state index contributed by atoms with van der Waals surface area (Å²) in [4.78, 5) is 11.5. The van der Waals surface area contributed by atoms with Crippen LogP contribution in [0.5, 0.6) is 0 Å². The van der Waals surface area contributed by atoms with E-state index < -0.39 is 0 Å². The maximum absolute atomic E-state index is 11.5. The van der Waals surface area contributed by atoms with Gasteiger partial charge in [0, 0.05) is 28.4 Å². The van der Waals surface area contributed by atoms with Gasteiger partial charge in [-0.25, -0.2) is 0 Å². The summed E-state index contributed by atoms with van der Waals surface area (Å²) in [5.41, 5.74) is 2.09. The van der Waals surface area contributed by atoms with Gasteiger partial charge in [-0.15, -0.1) is 0 Å². The molecule has 1 rings (SSSR count). The van der Waals surface area contributed by atoms with Crippen molar-refractivity contribution in [3.8, 4) is 0 Å². The Morgan fingerprint density at radius 1 is 1.39 bits per heavy atom. The molecule has 3 nitrogen and oxygen atoms in total. The lowest BCUT2D eigenvalue weighted by atomic mass is 10.1. The Hall–Kier alpha value is -1.35. The first-order valence-corrected chi connectivity index (χ1v) is 6.59. The molecule has 18 heavy (non-hydrogen) atoms. The fourth-order valence-electron chi connectivity index (χ4n) is 1.67. The third kappa shape index (κ3) is 4.15. The number of hydrogen-bond donors (Lipinski definition) is 2. The summed E-state index contributed by atoms with van der Waals surface area (Å²) in [6, 6.07) is 5.35. The molecule has 0 fully saturated rings. The third-order valence-electron chi connectivity index (χ3n) is 2.67. The van der Waals surface area contributed by atoms with Crippen LogP contribution in [0, 0.1) is 5.41 Å². The van der Waals surface area contributed by atoms with Crippen molar-refractivity contribution in [3.05, 3.63) is 28.8 Å². The highest BCUT2D eigenvalue weighted by Gasteiger charge is 2.08. The highest BCUT2D eigenvalue weighted by molar-refractivity contribution is 6.31. The Kier molecular flexibility index (Phi) is 5.86. The fraction of sp³-hybridized carbons (Fsp3) is 0.429. The Balaban J connectivity index is 2.81. The smallest absolute Gasteiger partial charge is 0.151 e. The van der Waals surface area contributed by atoms with Crippen LogP contribution < -0.4 is 5.32 Å². The first-order valence-electron chi connectivity index (χ1n) is 6.21. The Bertz CT molecular complexity index is 443. The van der Waals surface area contributed by atoms with E-state index in [0.29, 0.717) is 30.1 Å². The van der Waals surface area contributed by atoms with Crippen molar-refractivity contribution < 1.29 is 4.79 Å². The van der Waals surface area contributed by atoms with E-state index in [0.717, 1.165) is 17.7 Å². The minimum Gasteiger partial charge on any atom is -0.377 e. The Labute approximate surface area is 113 Å². The number of rotatable bonds is 7. The predicted octanol–water partition coefficient (Wildman–Crippen LogP) is 3.90. The number of carbonyl (C=O) groups excluding carboxylic acids is 1. The molecule has 0 aliphatic rings. The van der Waals surface area contributed by atoms with E-state index >= 15 is 0 Å². The van der Waals surface area contributed by atoms with Crippen molar-refractivity contribution in [2.24, 2.45) is 0 Å². The summed E-state index contributed by atoms with van der Waals surface area (Å²) in [5, 5.41) is 11.6. The molecule has 4 heteroatoms. The largest absolute Gasteiger partial charge is 0.377 e. The molecular formula is C14H19ClN2O. The first-order chi connectivity index (χ1) is 8.58. The summed E-state index contributed by atoms with van der Waals surface area (Å²) in [7, 11) is 0. The molecule has 0 saturated heterocycles. The van der Waals surface area contributed by atoms with Crippen molar-refractivity contribution in [1.82, 2.24) is 0 Å². The molecule has 0 aliphatic heterocycles. The third-order valence-corrected chi connectivity index (χ3v) is 2.90. The van der Waals surface area contributed by atoms with E-state index in [1.54, 1.807) is 12.1 Å². The van der Waals surface area contributed by atoms with Crippen molar-refractivity contribution in [2.45, 2.75) is 33.1 Å². The average molecular weight is 267 g/mol. The van der Waals surface area contributed by atoms with Crippen LogP contribution in [0.4, 0.5) is 5.69 Å². The molecule has 0 heterocycles. The predicted molar refractivity (Wildman–Crippen MR) is 77.0 cm³/mol. The number of hydrogen-bond acceptors (Lipinski definition) is 3. The van der Waals surface area contributed by atoms with Gasteiger partial charge < -0.3 is 10.7 Å². The summed E-state index contributed by atoms with van der Waals surface area (Å²) in [5.74, 6) is 0.182. The minimum absolute atomic E-state index is 0.182. The maximum atomic E-state index is 11.5. The van der Waals surface area contributed by atoms with Gasteiger partial charge >= 0.3 is 0 Å². The van der Waals surface area contributed by atoms with E-state index in [4.69, 9.17) is 17.0 Å². The number of nitrogens with one attached hydrogen (secondary N) is 2. The molecule has 0 aliphatic carbocycles. The van der Waals surface area contributed by atoms with E-state index in [9.17, 15) is 4.79 Å². The van der Waals surface area contributed by atoms with Crippen LogP contribution in [0.2, 0.25) is 5.02 Å². The second-order valence-electron chi connectivity index (χ2n) is 4.16. The van der Waals surface area contributed by atoms with Crippen LogP contribution >= 0.6 is 11.6 Å². The van der Waals surface area contributed by atoms with Gasteiger partial charge in [-0.2, -0.15) is 0 Å². The molecule has 2 N–H and O–H groups in total. The number of Topliss-reactive ketones (excluding diaryl/α,β-unsaturated/α-hetero) is 1. The van der Waals surface area contributed by atoms with Gasteiger partial charge in [0.15, 0.2) is 5.78 Å². The van der Waals surface area contributed by atoms with Crippen LogP contribution in [0.1, 0.15) is 38.7 Å². The number of halogens is 1. The lowest BCUT2D eigenvalue weighted by Gasteiger charge is -2.12. The molecule has 0 radical (unpaired) electrons. The topological polar surface area (TPSA) is 53.0 Å². The molecule has 0 aromatic heterocycles. The van der Waals surface area contributed by atoms with Crippen LogP contribution in [0.25, 0.3) is 0 Å². The Morgan fingerprint density at radius 2 is 2.11 bits per heavy atom. The number of benzene rings is 1. The van der Waals surface area contributed by atoms with Crippen molar-refractivity contribution in [2.75, 3.05) is 11.9 Å². The molecular weight excluding hydrogens is 248 g/mol. The van der Waals surface area contributed by atoms with Crippen LogP contribution in [-0.2, 0) is 4.79 Å². The van der Waals surface area contributed by atoms with E-state index in [2.05, 4.69) is 5.32 Å². The highest BCUT2D eigenvalue weighted by Crippen LogP contribution is 2.22. The van der Waals surface area contributed by atoms with E-state index in [1.165, 1.54) is 0 Å². The lowest BCUT2D eigenvalue weighted by molar-refractivity contribution is -0.117. The first kappa shape index (κ1) is 14.7. The van der Waals surface area contributed by atoms with Crippen LogP contribution in [0.3, 0.4) is 0 Å². The van der Waals surface area contributed by atoms with E-state index in [1.807, 2.05) is 19.9 Å². The molecule has 0 spiro atoms. The molecule has 0 amide bonds. The molecule has 0 saturated carbocycles.